The van der Waals surface area contributed by atoms with E-state index in [-0.39, 0.29) is 5.91 Å². The lowest BCUT2D eigenvalue weighted by molar-refractivity contribution is -0.113. The van der Waals surface area contributed by atoms with E-state index in [0.29, 0.717) is 4.91 Å². The summed E-state index contributed by atoms with van der Waals surface area (Å²) in [6.45, 7) is 8.39. The van der Waals surface area contributed by atoms with Crippen molar-refractivity contribution >= 4 is 40.2 Å². The molecule has 2 saturated heterocycles. The van der Waals surface area contributed by atoms with Crippen molar-refractivity contribution in [3.8, 4) is 11.3 Å². The van der Waals surface area contributed by atoms with Gasteiger partial charge >= 0.3 is 0 Å². The average molecular weight is 488 g/mol. The van der Waals surface area contributed by atoms with E-state index in [1.807, 2.05) is 28.9 Å². The molecule has 3 aliphatic rings. The van der Waals surface area contributed by atoms with Crippen LogP contribution in [-0.2, 0) is 4.79 Å². The quantitative estimate of drug-likeness (QED) is 0.524. The molecule has 3 aliphatic heterocycles. The van der Waals surface area contributed by atoms with Crippen molar-refractivity contribution < 1.29 is 4.79 Å². The number of carbonyl (C=O) groups excluding carboxylic acids is 1. The maximum atomic E-state index is 12.5. The smallest absolute Gasteiger partial charge is 0.286 e. The standard InChI is InChI=1S/C26H29N7OS/c1-18-15-19(5-7-21(18)31-13-11-30(2)12-14-31)22-17-27-24-8-6-20(29-33(22)24)16-23-25(34)28-26(35-23)32-9-3-4-10-32/h5-8,15-17H,3-4,9-14H2,1-2H3/b23-16-. The Morgan fingerprint density at radius 3 is 2.54 bits per heavy atom. The van der Waals surface area contributed by atoms with Gasteiger partial charge in [0.25, 0.3) is 5.91 Å². The molecule has 0 atom stereocenters. The maximum Gasteiger partial charge on any atom is 0.286 e. The molecule has 180 valence electrons. The normalized spacial score (nSPS) is 20.5. The number of piperazine rings is 1. The van der Waals surface area contributed by atoms with Gasteiger partial charge in [0.1, 0.15) is 0 Å². The van der Waals surface area contributed by atoms with Gasteiger partial charge in [-0.15, -0.1) is 0 Å². The molecule has 0 bridgehead atoms. The molecule has 3 aromatic rings. The van der Waals surface area contributed by atoms with E-state index >= 15 is 0 Å². The van der Waals surface area contributed by atoms with Crippen LogP contribution in [0.2, 0.25) is 0 Å². The topological polar surface area (TPSA) is 69.3 Å². The number of imidazole rings is 1. The van der Waals surface area contributed by atoms with Gasteiger partial charge in [-0.05, 0) is 74.5 Å². The molecule has 9 heteroatoms. The van der Waals surface area contributed by atoms with Crippen LogP contribution in [-0.4, -0.2) is 81.8 Å². The lowest BCUT2D eigenvalue weighted by Crippen LogP contribution is -2.44. The van der Waals surface area contributed by atoms with E-state index in [0.717, 1.165) is 79.9 Å². The number of aromatic nitrogens is 3. The van der Waals surface area contributed by atoms with Gasteiger partial charge in [0, 0.05) is 50.5 Å². The fraction of sp³-hybridized carbons (Fsp3) is 0.385. The summed E-state index contributed by atoms with van der Waals surface area (Å²) in [6.07, 6.45) is 6.02. The Morgan fingerprint density at radius 2 is 1.77 bits per heavy atom. The van der Waals surface area contributed by atoms with Crippen LogP contribution in [0.4, 0.5) is 5.69 Å². The summed E-state index contributed by atoms with van der Waals surface area (Å²) in [6, 6.07) is 10.4. The van der Waals surface area contributed by atoms with Crippen LogP contribution in [0, 0.1) is 6.92 Å². The van der Waals surface area contributed by atoms with Crippen molar-refractivity contribution in [3.05, 3.63) is 52.7 Å². The highest BCUT2D eigenvalue weighted by Gasteiger charge is 2.27. The second-order valence-corrected chi connectivity index (χ2v) is 10.5. The highest BCUT2D eigenvalue weighted by Crippen LogP contribution is 2.32. The second kappa shape index (κ2) is 9.13. The molecule has 8 nitrogen and oxygen atoms in total. The summed E-state index contributed by atoms with van der Waals surface area (Å²) >= 11 is 1.45. The summed E-state index contributed by atoms with van der Waals surface area (Å²) in [7, 11) is 2.18. The lowest BCUT2D eigenvalue weighted by atomic mass is 10.1. The number of benzene rings is 1. The first-order valence-electron chi connectivity index (χ1n) is 12.2. The number of amides is 1. The average Bonchev–Trinajstić information content (AvgIpc) is 3.60. The third-order valence-electron chi connectivity index (χ3n) is 6.98. The number of likely N-dealkylation sites (tertiary alicyclic amines) is 1. The molecule has 0 radical (unpaired) electrons. The Hall–Kier alpha value is -3.17. The number of aryl methyl sites for hydroxylation is 1. The molecule has 35 heavy (non-hydrogen) atoms. The summed E-state index contributed by atoms with van der Waals surface area (Å²) in [5.74, 6) is -0.181. The monoisotopic (exact) mass is 487 g/mol. The Kier molecular flexibility index (Phi) is 5.82. The maximum absolute atomic E-state index is 12.5. The van der Waals surface area contributed by atoms with E-state index in [4.69, 9.17) is 5.10 Å². The number of hydrogen-bond acceptors (Lipinski definition) is 7. The summed E-state index contributed by atoms with van der Waals surface area (Å²) in [4.78, 5) is 29.0. The van der Waals surface area contributed by atoms with Crippen molar-refractivity contribution in [2.24, 2.45) is 4.99 Å². The molecular formula is C26H29N7OS. The van der Waals surface area contributed by atoms with Gasteiger partial charge in [-0.2, -0.15) is 10.1 Å². The molecule has 0 aliphatic carbocycles. The van der Waals surface area contributed by atoms with Crippen LogP contribution in [0.15, 0.2) is 46.4 Å². The van der Waals surface area contributed by atoms with Crippen molar-refractivity contribution in [2.75, 3.05) is 51.2 Å². The molecule has 0 saturated carbocycles. The zero-order valence-electron chi connectivity index (χ0n) is 20.1. The number of fused-ring (bicyclic) bond motifs is 1. The number of nitrogens with zero attached hydrogens (tertiary/aromatic N) is 7. The number of amidine groups is 1. The molecule has 1 amide bonds. The predicted molar refractivity (Wildman–Crippen MR) is 142 cm³/mol. The zero-order valence-corrected chi connectivity index (χ0v) is 21.0. The fourth-order valence-electron chi connectivity index (χ4n) is 4.95. The van der Waals surface area contributed by atoms with Crippen LogP contribution in [0.25, 0.3) is 23.0 Å². The number of carbonyl (C=O) groups is 1. The highest BCUT2D eigenvalue weighted by atomic mass is 32.2. The van der Waals surface area contributed by atoms with Crippen molar-refractivity contribution in [1.82, 2.24) is 24.4 Å². The molecule has 0 spiro atoms. The lowest BCUT2D eigenvalue weighted by Gasteiger charge is -2.35. The number of thioether (sulfide) groups is 1. The third-order valence-corrected chi connectivity index (χ3v) is 8.03. The van der Waals surface area contributed by atoms with Crippen LogP contribution >= 0.6 is 11.8 Å². The van der Waals surface area contributed by atoms with Gasteiger partial charge in [-0.1, -0.05) is 6.07 Å². The van der Waals surface area contributed by atoms with E-state index in [9.17, 15) is 4.79 Å². The van der Waals surface area contributed by atoms with Crippen molar-refractivity contribution in [3.63, 3.8) is 0 Å². The van der Waals surface area contributed by atoms with E-state index in [2.05, 4.69) is 56.8 Å². The van der Waals surface area contributed by atoms with Crippen LogP contribution in [0.1, 0.15) is 24.1 Å². The Morgan fingerprint density at radius 1 is 0.971 bits per heavy atom. The number of anilines is 1. The van der Waals surface area contributed by atoms with Crippen LogP contribution in [0.3, 0.4) is 0 Å². The summed E-state index contributed by atoms with van der Waals surface area (Å²) in [5, 5.41) is 5.63. The zero-order chi connectivity index (χ0) is 23.9. The molecule has 2 aromatic heterocycles. The van der Waals surface area contributed by atoms with E-state index in [1.54, 1.807) is 0 Å². The summed E-state index contributed by atoms with van der Waals surface area (Å²) in [5.41, 5.74) is 6.06. The van der Waals surface area contributed by atoms with E-state index < -0.39 is 0 Å². The van der Waals surface area contributed by atoms with Gasteiger partial charge in [0.15, 0.2) is 10.8 Å². The minimum atomic E-state index is -0.181. The van der Waals surface area contributed by atoms with Crippen molar-refractivity contribution in [2.45, 2.75) is 19.8 Å². The van der Waals surface area contributed by atoms with Crippen molar-refractivity contribution in [1.29, 1.82) is 0 Å². The van der Waals surface area contributed by atoms with Crippen LogP contribution in [0.5, 0.6) is 0 Å². The first-order valence-corrected chi connectivity index (χ1v) is 13.0. The molecule has 2 fully saturated rings. The van der Waals surface area contributed by atoms with E-state index in [1.165, 1.54) is 23.0 Å². The SMILES string of the molecule is Cc1cc(-c2cnc3ccc(/C=C4\SC(N5CCCC5)=NC4=O)nn23)ccc1N1CCN(C)CC1. The molecule has 0 N–H and O–H groups in total. The number of aliphatic imine (C=N–C) groups is 1. The Bertz CT molecular complexity index is 1350. The largest absolute Gasteiger partial charge is 0.369 e. The third kappa shape index (κ3) is 4.34. The molecular weight excluding hydrogens is 458 g/mol. The number of likely N-dealkylation sites (N-methyl/N-ethyl adjacent to an activating group) is 1. The first kappa shape index (κ1) is 22.3. The number of hydrogen-bond donors (Lipinski definition) is 0. The summed E-state index contributed by atoms with van der Waals surface area (Å²) < 4.78 is 1.86. The molecule has 5 heterocycles. The first-order chi connectivity index (χ1) is 17.0. The molecule has 0 unspecified atom stereocenters. The Balaban J connectivity index is 1.27. The minimum Gasteiger partial charge on any atom is -0.369 e. The van der Waals surface area contributed by atoms with Crippen LogP contribution < -0.4 is 4.90 Å². The number of rotatable bonds is 3. The van der Waals surface area contributed by atoms with Gasteiger partial charge in [-0.25, -0.2) is 9.50 Å². The minimum absolute atomic E-state index is 0.181. The molecule has 6 rings (SSSR count). The molecule has 1 aromatic carbocycles. The van der Waals surface area contributed by atoms with Gasteiger partial charge in [0.2, 0.25) is 0 Å². The van der Waals surface area contributed by atoms with Gasteiger partial charge < -0.3 is 14.7 Å². The predicted octanol–water partition coefficient (Wildman–Crippen LogP) is 3.52. The Labute approximate surface area is 209 Å². The van der Waals surface area contributed by atoms with Gasteiger partial charge in [0.05, 0.1) is 22.5 Å². The highest BCUT2D eigenvalue weighted by molar-refractivity contribution is 8.18. The fourth-order valence-corrected chi connectivity index (χ4v) is 5.90. The second-order valence-electron chi connectivity index (χ2n) is 9.47. The van der Waals surface area contributed by atoms with Gasteiger partial charge in [-0.3, -0.25) is 4.79 Å².